The van der Waals surface area contributed by atoms with Crippen LogP contribution in [0.2, 0.25) is 0 Å². The standard InChI is InChI=1S/C13H18O3/c1-9-7-10(2)12(11(8-9)16-4)13(3,15)5-6-14/h6-8,15H,5H2,1-4H3. The molecule has 3 heteroatoms. The van der Waals surface area contributed by atoms with E-state index in [1.807, 2.05) is 26.0 Å². The van der Waals surface area contributed by atoms with E-state index in [2.05, 4.69) is 0 Å². The molecule has 0 aliphatic heterocycles. The molecule has 0 saturated carbocycles. The largest absolute Gasteiger partial charge is 0.496 e. The monoisotopic (exact) mass is 222 g/mol. The molecule has 0 spiro atoms. The Kier molecular flexibility index (Phi) is 3.70. The molecule has 0 saturated heterocycles. The number of carbonyl (C=O) groups excluding carboxylic acids is 1. The van der Waals surface area contributed by atoms with Crippen molar-refractivity contribution in [1.29, 1.82) is 0 Å². The van der Waals surface area contributed by atoms with Crippen LogP contribution in [-0.2, 0) is 10.4 Å². The second-order valence-corrected chi connectivity index (χ2v) is 4.30. The third kappa shape index (κ3) is 2.42. The van der Waals surface area contributed by atoms with Gasteiger partial charge in [0.1, 0.15) is 12.0 Å². The van der Waals surface area contributed by atoms with Gasteiger partial charge in [-0.2, -0.15) is 0 Å². The maximum absolute atomic E-state index is 10.6. The number of rotatable bonds is 4. The first kappa shape index (κ1) is 12.7. The van der Waals surface area contributed by atoms with Crippen LogP contribution in [0.3, 0.4) is 0 Å². The maximum atomic E-state index is 10.6. The highest BCUT2D eigenvalue weighted by Gasteiger charge is 2.28. The van der Waals surface area contributed by atoms with Crippen LogP contribution in [0.25, 0.3) is 0 Å². The molecule has 0 bridgehead atoms. The van der Waals surface area contributed by atoms with Crippen molar-refractivity contribution < 1.29 is 14.6 Å². The van der Waals surface area contributed by atoms with Gasteiger partial charge in [-0.05, 0) is 38.0 Å². The molecular weight excluding hydrogens is 204 g/mol. The molecule has 88 valence electrons. The molecule has 0 amide bonds. The SMILES string of the molecule is COc1cc(C)cc(C)c1C(C)(O)CC=O. The van der Waals surface area contributed by atoms with Gasteiger partial charge in [0, 0.05) is 12.0 Å². The number of hydrogen-bond acceptors (Lipinski definition) is 3. The Morgan fingerprint density at radius 1 is 1.44 bits per heavy atom. The van der Waals surface area contributed by atoms with Gasteiger partial charge in [-0.3, -0.25) is 0 Å². The van der Waals surface area contributed by atoms with Gasteiger partial charge < -0.3 is 14.6 Å². The highest BCUT2D eigenvalue weighted by molar-refractivity contribution is 5.55. The molecule has 0 aromatic heterocycles. The first-order chi connectivity index (χ1) is 7.42. The van der Waals surface area contributed by atoms with Crippen LogP contribution in [0.5, 0.6) is 5.75 Å². The number of ether oxygens (including phenoxy) is 1. The number of hydrogen-bond donors (Lipinski definition) is 1. The zero-order chi connectivity index (χ0) is 12.3. The lowest BCUT2D eigenvalue weighted by atomic mass is 9.88. The normalized spacial score (nSPS) is 14.3. The van der Waals surface area contributed by atoms with Crippen molar-refractivity contribution >= 4 is 6.29 Å². The van der Waals surface area contributed by atoms with E-state index in [1.165, 1.54) is 0 Å². The number of benzene rings is 1. The maximum Gasteiger partial charge on any atom is 0.125 e. The third-order valence-electron chi connectivity index (χ3n) is 2.68. The van der Waals surface area contributed by atoms with Crippen molar-refractivity contribution in [1.82, 2.24) is 0 Å². The molecule has 1 unspecified atom stereocenters. The van der Waals surface area contributed by atoms with Crippen molar-refractivity contribution in [2.75, 3.05) is 7.11 Å². The van der Waals surface area contributed by atoms with Crippen molar-refractivity contribution in [3.05, 3.63) is 28.8 Å². The Morgan fingerprint density at radius 3 is 2.56 bits per heavy atom. The minimum absolute atomic E-state index is 0.0628. The average molecular weight is 222 g/mol. The van der Waals surface area contributed by atoms with Gasteiger partial charge in [0.05, 0.1) is 12.7 Å². The molecule has 1 rings (SSSR count). The fourth-order valence-electron chi connectivity index (χ4n) is 2.04. The van der Waals surface area contributed by atoms with E-state index in [9.17, 15) is 9.90 Å². The topological polar surface area (TPSA) is 46.5 Å². The van der Waals surface area contributed by atoms with Crippen molar-refractivity contribution in [2.45, 2.75) is 32.8 Å². The van der Waals surface area contributed by atoms with E-state index < -0.39 is 5.60 Å². The van der Waals surface area contributed by atoms with Crippen molar-refractivity contribution in [3.63, 3.8) is 0 Å². The van der Waals surface area contributed by atoms with E-state index in [-0.39, 0.29) is 6.42 Å². The lowest BCUT2D eigenvalue weighted by Crippen LogP contribution is -2.24. The highest BCUT2D eigenvalue weighted by atomic mass is 16.5. The number of aldehydes is 1. The van der Waals surface area contributed by atoms with Crippen LogP contribution < -0.4 is 4.74 Å². The molecule has 16 heavy (non-hydrogen) atoms. The first-order valence-corrected chi connectivity index (χ1v) is 5.24. The Balaban J connectivity index is 3.36. The van der Waals surface area contributed by atoms with E-state index in [0.29, 0.717) is 11.3 Å². The van der Waals surface area contributed by atoms with Crippen LogP contribution in [0.15, 0.2) is 12.1 Å². The third-order valence-corrected chi connectivity index (χ3v) is 2.68. The fourth-order valence-corrected chi connectivity index (χ4v) is 2.04. The second kappa shape index (κ2) is 4.66. The summed E-state index contributed by atoms with van der Waals surface area (Å²) in [7, 11) is 1.56. The smallest absolute Gasteiger partial charge is 0.125 e. The molecule has 3 nitrogen and oxygen atoms in total. The summed E-state index contributed by atoms with van der Waals surface area (Å²) in [6.45, 7) is 5.50. The summed E-state index contributed by atoms with van der Waals surface area (Å²) in [5, 5.41) is 10.3. The van der Waals surface area contributed by atoms with Gasteiger partial charge in [-0.15, -0.1) is 0 Å². The number of aliphatic hydroxyl groups is 1. The van der Waals surface area contributed by atoms with Gasteiger partial charge in [-0.1, -0.05) is 6.07 Å². The van der Waals surface area contributed by atoms with Gasteiger partial charge in [-0.25, -0.2) is 0 Å². The molecule has 0 aliphatic rings. The zero-order valence-corrected chi connectivity index (χ0v) is 10.2. The van der Waals surface area contributed by atoms with Crippen LogP contribution in [0.1, 0.15) is 30.0 Å². The molecule has 0 fully saturated rings. The molecule has 1 aromatic rings. The number of methoxy groups -OCH3 is 1. The molecule has 1 aromatic carbocycles. The zero-order valence-electron chi connectivity index (χ0n) is 10.2. The second-order valence-electron chi connectivity index (χ2n) is 4.30. The summed E-state index contributed by atoms with van der Waals surface area (Å²) < 4.78 is 5.26. The average Bonchev–Trinajstić information content (AvgIpc) is 2.15. The summed E-state index contributed by atoms with van der Waals surface area (Å²) >= 11 is 0. The van der Waals surface area contributed by atoms with Crippen LogP contribution >= 0.6 is 0 Å². The van der Waals surface area contributed by atoms with Crippen molar-refractivity contribution in [2.24, 2.45) is 0 Å². The van der Waals surface area contributed by atoms with Crippen molar-refractivity contribution in [3.8, 4) is 5.75 Å². The van der Waals surface area contributed by atoms with Crippen LogP contribution in [0, 0.1) is 13.8 Å². The molecular formula is C13H18O3. The Morgan fingerprint density at radius 2 is 2.06 bits per heavy atom. The fraction of sp³-hybridized carbons (Fsp3) is 0.462. The molecule has 0 aliphatic carbocycles. The molecule has 1 N–H and O–H groups in total. The summed E-state index contributed by atoms with van der Waals surface area (Å²) in [4.78, 5) is 10.6. The predicted molar refractivity (Wildman–Crippen MR) is 62.7 cm³/mol. The molecule has 1 atom stereocenters. The van der Waals surface area contributed by atoms with Gasteiger partial charge >= 0.3 is 0 Å². The summed E-state index contributed by atoms with van der Waals surface area (Å²) in [6.07, 6.45) is 0.784. The minimum atomic E-state index is -1.18. The van der Waals surface area contributed by atoms with Crippen LogP contribution in [-0.4, -0.2) is 18.5 Å². The van der Waals surface area contributed by atoms with Gasteiger partial charge in [0.25, 0.3) is 0 Å². The summed E-state index contributed by atoms with van der Waals surface area (Å²) in [5.41, 5.74) is 1.52. The number of aryl methyl sites for hydroxylation is 2. The summed E-state index contributed by atoms with van der Waals surface area (Å²) in [6, 6.07) is 3.83. The molecule has 0 heterocycles. The lowest BCUT2D eigenvalue weighted by molar-refractivity contribution is -0.112. The van der Waals surface area contributed by atoms with E-state index >= 15 is 0 Å². The van der Waals surface area contributed by atoms with Crippen LogP contribution in [0.4, 0.5) is 0 Å². The first-order valence-electron chi connectivity index (χ1n) is 5.24. The Hall–Kier alpha value is -1.35. The summed E-state index contributed by atoms with van der Waals surface area (Å²) in [5.74, 6) is 0.629. The highest BCUT2D eigenvalue weighted by Crippen LogP contribution is 2.35. The van der Waals surface area contributed by atoms with Gasteiger partial charge in [0.15, 0.2) is 0 Å². The van der Waals surface area contributed by atoms with E-state index in [1.54, 1.807) is 14.0 Å². The van der Waals surface area contributed by atoms with E-state index in [0.717, 1.165) is 17.4 Å². The lowest BCUT2D eigenvalue weighted by Gasteiger charge is -2.26. The van der Waals surface area contributed by atoms with Gasteiger partial charge in [0.2, 0.25) is 0 Å². The molecule has 0 radical (unpaired) electrons. The minimum Gasteiger partial charge on any atom is -0.496 e. The predicted octanol–water partition coefficient (Wildman–Crippen LogP) is 2.11. The quantitative estimate of drug-likeness (QED) is 0.794. The Labute approximate surface area is 96.1 Å². The number of carbonyl (C=O) groups is 1. The Bertz CT molecular complexity index is 394. The van der Waals surface area contributed by atoms with E-state index in [4.69, 9.17) is 4.74 Å².